The highest BCUT2D eigenvalue weighted by Crippen LogP contribution is 2.69. The largest absolute Gasteiger partial charge is 0.461 e. The molecule has 8 atom stereocenters. The van der Waals surface area contributed by atoms with Crippen LogP contribution in [-0.2, 0) is 19.1 Å². The van der Waals surface area contributed by atoms with Gasteiger partial charge in [-0.1, -0.05) is 45.9 Å². The van der Waals surface area contributed by atoms with Crippen molar-refractivity contribution in [1.29, 1.82) is 0 Å². The summed E-state index contributed by atoms with van der Waals surface area (Å²) in [5.41, 5.74) is 1.79. The van der Waals surface area contributed by atoms with Crippen LogP contribution in [0.5, 0.6) is 0 Å². The maximum absolute atomic E-state index is 14.9. The Balaban J connectivity index is 1.82. The summed E-state index contributed by atoms with van der Waals surface area (Å²) in [4.78, 5) is 48.4. The van der Waals surface area contributed by atoms with Crippen LogP contribution in [0.2, 0.25) is 0 Å². The van der Waals surface area contributed by atoms with Crippen molar-refractivity contribution in [2.45, 2.75) is 69.5 Å². The molecule has 1 aromatic carbocycles. The molecule has 3 fully saturated rings. The van der Waals surface area contributed by atoms with Crippen molar-refractivity contribution in [3.63, 3.8) is 0 Å². The Labute approximate surface area is 255 Å². The van der Waals surface area contributed by atoms with Gasteiger partial charge in [0.05, 0.1) is 29.2 Å². The van der Waals surface area contributed by atoms with Crippen LogP contribution in [0.25, 0.3) is 0 Å². The molecule has 0 aliphatic carbocycles. The van der Waals surface area contributed by atoms with E-state index >= 15 is 0 Å². The van der Waals surface area contributed by atoms with Crippen molar-refractivity contribution in [2.75, 3.05) is 42.6 Å². The summed E-state index contributed by atoms with van der Waals surface area (Å²) in [6.07, 6.45) is 4.66. The average molecular weight is 598 g/mol. The second kappa shape index (κ2) is 13.2. The van der Waals surface area contributed by atoms with E-state index in [0.717, 1.165) is 30.9 Å². The van der Waals surface area contributed by atoms with Gasteiger partial charge in [0.2, 0.25) is 5.91 Å². The van der Waals surface area contributed by atoms with Gasteiger partial charge in [-0.25, -0.2) is 0 Å². The van der Waals surface area contributed by atoms with Crippen molar-refractivity contribution >= 4 is 40.9 Å². The third-order valence-corrected chi connectivity index (χ3v) is 11.8. The molecule has 3 aliphatic heterocycles. The predicted octanol–water partition coefficient (Wildman–Crippen LogP) is 4.53. The van der Waals surface area contributed by atoms with E-state index in [1.165, 1.54) is 6.08 Å². The number of aliphatic hydroxyl groups excluding tert-OH is 1. The summed E-state index contributed by atoms with van der Waals surface area (Å²) < 4.78 is 4.70. The molecule has 8 nitrogen and oxygen atoms in total. The molecule has 1 N–H and O–H groups in total. The van der Waals surface area contributed by atoms with Gasteiger partial charge in [-0.3, -0.25) is 14.4 Å². The SMILES string of the molecule is C=CCOC(=O)[C@@H]1[C@H]2C(=O)N([C@@H](CO)[C@@H](C)CC)C(C(=O)N(CC=C)c3ccc(N(CC)CC)cc3)C23S[C@@H]1CC3C. The van der Waals surface area contributed by atoms with Crippen LogP contribution in [0.3, 0.4) is 0 Å². The zero-order valence-electron chi connectivity index (χ0n) is 25.7. The number of fused-ring (bicyclic) bond motifs is 1. The fourth-order valence-electron chi connectivity index (χ4n) is 7.45. The first-order chi connectivity index (χ1) is 20.2. The van der Waals surface area contributed by atoms with Gasteiger partial charge < -0.3 is 24.5 Å². The number of benzene rings is 1. The average Bonchev–Trinajstić information content (AvgIpc) is 3.59. The number of nitrogens with zero attached hydrogens (tertiary/aromatic N) is 3. The molecule has 9 heteroatoms. The Morgan fingerprint density at radius 1 is 1.17 bits per heavy atom. The number of hydrogen-bond donors (Lipinski definition) is 1. The normalized spacial score (nSPS) is 29.1. The smallest absolute Gasteiger partial charge is 0.311 e. The number of rotatable bonds is 14. The highest BCUT2D eigenvalue weighted by Gasteiger charge is 2.77. The molecular weight excluding hydrogens is 550 g/mol. The number of thioether (sulfide) groups is 1. The molecule has 2 bridgehead atoms. The molecule has 4 rings (SSSR count). The van der Waals surface area contributed by atoms with Crippen LogP contribution in [0, 0.1) is 23.7 Å². The fourth-order valence-corrected chi connectivity index (χ4v) is 9.84. The summed E-state index contributed by atoms with van der Waals surface area (Å²) >= 11 is 1.61. The van der Waals surface area contributed by atoms with E-state index in [2.05, 4.69) is 38.8 Å². The van der Waals surface area contributed by atoms with Gasteiger partial charge in [0, 0.05) is 36.3 Å². The van der Waals surface area contributed by atoms with Crippen LogP contribution in [0.4, 0.5) is 11.4 Å². The van der Waals surface area contributed by atoms with E-state index in [-0.39, 0.29) is 48.7 Å². The van der Waals surface area contributed by atoms with Gasteiger partial charge in [0.15, 0.2) is 0 Å². The van der Waals surface area contributed by atoms with Crippen molar-refractivity contribution in [1.82, 2.24) is 4.90 Å². The highest BCUT2D eigenvalue weighted by molar-refractivity contribution is 8.02. The van der Waals surface area contributed by atoms with Crippen LogP contribution in [-0.4, -0.2) is 82.7 Å². The third-order valence-electron chi connectivity index (χ3n) is 9.75. The van der Waals surface area contributed by atoms with Gasteiger partial charge >= 0.3 is 5.97 Å². The number of esters is 1. The summed E-state index contributed by atoms with van der Waals surface area (Å²) in [6.45, 7) is 19.7. The molecule has 0 radical (unpaired) electrons. The molecule has 0 aromatic heterocycles. The van der Waals surface area contributed by atoms with Crippen molar-refractivity contribution < 1.29 is 24.2 Å². The number of likely N-dealkylation sites (tertiary alicyclic amines) is 1. The van der Waals surface area contributed by atoms with Gasteiger partial charge in [0.25, 0.3) is 5.91 Å². The standard InChI is InChI=1S/C33H47N3O5S/c1-8-17-35(24-15-13-23(14-16-24)34(11-4)12-5)31(39)29-33-22(7)19-26(42-33)27(32(40)41-18-9-2)28(33)30(38)36(29)25(20-37)21(6)10-3/h8-9,13-16,21-22,25-29,37H,1-2,10-12,17-20H2,3-7H3/t21-,22?,25-,26+,27-,28-,29?,33?/m0/s1. The summed E-state index contributed by atoms with van der Waals surface area (Å²) in [5.74, 6) is -2.22. The van der Waals surface area contributed by atoms with Gasteiger partial charge in [-0.15, -0.1) is 18.3 Å². The topological polar surface area (TPSA) is 90.4 Å². The van der Waals surface area contributed by atoms with E-state index in [9.17, 15) is 19.5 Å². The molecule has 3 aliphatic rings. The van der Waals surface area contributed by atoms with Crippen molar-refractivity contribution in [2.24, 2.45) is 23.7 Å². The first-order valence-electron chi connectivity index (χ1n) is 15.3. The van der Waals surface area contributed by atoms with E-state index in [1.54, 1.807) is 27.6 Å². The number of amides is 2. The van der Waals surface area contributed by atoms with Crippen molar-refractivity contribution in [3.05, 3.63) is 49.6 Å². The lowest BCUT2D eigenvalue weighted by Gasteiger charge is -2.43. The lowest BCUT2D eigenvalue weighted by Crippen LogP contribution is -2.60. The predicted molar refractivity (Wildman–Crippen MR) is 170 cm³/mol. The maximum atomic E-state index is 14.9. The molecule has 1 aromatic rings. The Hall–Kier alpha value is -2.78. The minimum Gasteiger partial charge on any atom is -0.461 e. The fraction of sp³-hybridized carbons (Fsp3) is 0.606. The Morgan fingerprint density at radius 2 is 1.81 bits per heavy atom. The van der Waals surface area contributed by atoms with Gasteiger partial charge in [-0.2, -0.15) is 0 Å². The number of hydrogen-bond acceptors (Lipinski definition) is 7. The molecular formula is C33H47N3O5S. The molecule has 2 amide bonds. The van der Waals surface area contributed by atoms with E-state index in [1.807, 2.05) is 38.1 Å². The van der Waals surface area contributed by atoms with Crippen LogP contribution < -0.4 is 9.80 Å². The van der Waals surface area contributed by atoms with Gasteiger partial charge in [0.1, 0.15) is 12.6 Å². The number of anilines is 2. The lowest BCUT2D eigenvalue weighted by molar-refractivity contribution is -0.154. The minimum atomic E-state index is -0.842. The second-order valence-corrected chi connectivity index (χ2v) is 13.3. The monoisotopic (exact) mass is 597 g/mol. The molecule has 42 heavy (non-hydrogen) atoms. The van der Waals surface area contributed by atoms with Crippen LogP contribution in [0.1, 0.15) is 47.5 Å². The second-order valence-electron chi connectivity index (χ2n) is 11.8. The number of aliphatic hydroxyl groups is 1. The van der Waals surface area contributed by atoms with E-state index < -0.39 is 34.6 Å². The summed E-state index contributed by atoms with van der Waals surface area (Å²) in [6, 6.07) is 6.53. The first kappa shape index (κ1) is 32.1. The molecule has 3 heterocycles. The third kappa shape index (κ3) is 5.17. The van der Waals surface area contributed by atoms with E-state index in [0.29, 0.717) is 6.42 Å². The zero-order chi connectivity index (χ0) is 30.8. The maximum Gasteiger partial charge on any atom is 0.311 e. The quantitative estimate of drug-likeness (QED) is 0.249. The van der Waals surface area contributed by atoms with Crippen molar-refractivity contribution in [3.8, 4) is 0 Å². The minimum absolute atomic E-state index is 0.00996. The number of carbonyl (C=O) groups excluding carboxylic acids is 3. The Morgan fingerprint density at radius 3 is 2.36 bits per heavy atom. The molecule has 0 saturated carbocycles. The number of ether oxygens (including phenoxy) is 1. The summed E-state index contributed by atoms with van der Waals surface area (Å²) in [7, 11) is 0. The molecule has 230 valence electrons. The van der Waals surface area contributed by atoms with Crippen LogP contribution in [0.15, 0.2) is 49.6 Å². The number of carbonyl (C=O) groups is 3. The Kier molecular flexibility index (Phi) is 10.1. The summed E-state index contributed by atoms with van der Waals surface area (Å²) in [5, 5.41) is 10.5. The zero-order valence-corrected chi connectivity index (χ0v) is 26.5. The Bertz CT molecular complexity index is 1170. The molecule has 1 spiro atoms. The molecule has 3 saturated heterocycles. The van der Waals surface area contributed by atoms with Gasteiger partial charge in [-0.05, 0) is 56.4 Å². The molecule has 3 unspecified atom stereocenters. The van der Waals surface area contributed by atoms with E-state index in [4.69, 9.17) is 4.74 Å². The highest BCUT2D eigenvalue weighted by atomic mass is 32.2. The first-order valence-corrected chi connectivity index (χ1v) is 16.2. The van der Waals surface area contributed by atoms with Crippen LogP contribution >= 0.6 is 11.8 Å². The lowest BCUT2D eigenvalue weighted by atomic mass is 9.66.